The van der Waals surface area contributed by atoms with Crippen molar-refractivity contribution in [3.63, 3.8) is 0 Å². The molecule has 0 fully saturated rings. The molecule has 1 aliphatic carbocycles. The quantitative estimate of drug-likeness (QED) is 0.637. The summed E-state index contributed by atoms with van der Waals surface area (Å²) in [5.41, 5.74) is 11.8. The van der Waals surface area contributed by atoms with Crippen LogP contribution in [0, 0.1) is 27.7 Å². The smallest absolute Gasteiger partial charge is 0.00817 e. The maximum Gasteiger partial charge on any atom is -0.00817 e. The third kappa shape index (κ3) is 2.35. The topological polar surface area (TPSA) is 0 Å². The molecular formula is C21H22. The Morgan fingerprint density at radius 3 is 2.33 bits per heavy atom. The largest absolute Gasteiger partial charge is 0.0905 e. The van der Waals surface area contributed by atoms with Gasteiger partial charge in [0.25, 0.3) is 0 Å². The zero-order valence-corrected chi connectivity index (χ0v) is 13.4. The van der Waals surface area contributed by atoms with Gasteiger partial charge in [-0.2, -0.15) is 0 Å². The predicted octanol–water partition coefficient (Wildman–Crippen LogP) is 5.57. The Hall–Kier alpha value is -2.08. The van der Waals surface area contributed by atoms with Crippen molar-refractivity contribution in [1.82, 2.24) is 0 Å². The van der Waals surface area contributed by atoms with Gasteiger partial charge in [-0.15, -0.1) is 0 Å². The van der Waals surface area contributed by atoms with Crippen LogP contribution in [0.5, 0.6) is 0 Å². The van der Waals surface area contributed by atoms with E-state index < -0.39 is 0 Å². The average molecular weight is 274 g/mol. The summed E-state index contributed by atoms with van der Waals surface area (Å²) >= 11 is 0. The van der Waals surface area contributed by atoms with E-state index in [1.165, 1.54) is 44.5 Å². The first-order chi connectivity index (χ1) is 9.97. The van der Waals surface area contributed by atoms with Crippen molar-refractivity contribution in [1.29, 1.82) is 0 Å². The first-order valence-corrected chi connectivity index (χ1v) is 7.55. The van der Waals surface area contributed by atoms with Crippen molar-refractivity contribution in [3.05, 3.63) is 81.9 Å². The highest BCUT2D eigenvalue weighted by Gasteiger charge is 2.19. The van der Waals surface area contributed by atoms with Gasteiger partial charge in [-0.25, -0.2) is 0 Å². The molecule has 0 spiro atoms. The second-order valence-electron chi connectivity index (χ2n) is 6.22. The van der Waals surface area contributed by atoms with E-state index in [2.05, 4.69) is 70.7 Å². The van der Waals surface area contributed by atoms with Crippen LogP contribution < -0.4 is 0 Å². The molecule has 1 aliphatic rings. The van der Waals surface area contributed by atoms with E-state index in [4.69, 9.17) is 0 Å². The van der Waals surface area contributed by atoms with Crippen molar-refractivity contribution in [2.75, 3.05) is 0 Å². The summed E-state index contributed by atoms with van der Waals surface area (Å²) in [4.78, 5) is 0. The van der Waals surface area contributed by atoms with E-state index in [1.807, 2.05) is 0 Å². The molecule has 0 heterocycles. The summed E-state index contributed by atoms with van der Waals surface area (Å²) in [5.74, 6) is 0. The van der Waals surface area contributed by atoms with Gasteiger partial charge < -0.3 is 0 Å². The van der Waals surface area contributed by atoms with E-state index >= 15 is 0 Å². The second kappa shape index (κ2) is 5.04. The van der Waals surface area contributed by atoms with Crippen molar-refractivity contribution < 1.29 is 0 Å². The van der Waals surface area contributed by atoms with E-state index in [0.717, 1.165) is 12.0 Å². The molecule has 0 bridgehead atoms. The van der Waals surface area contributed by atoms with Crippen molar-refractivity contribution in [2.24, 2.45) is 0 Å². The average Bonchev–Trinajstić information content (AvgIpc) is 2.41. The maximum absolute atomic E-state index is 4.39. The zero-order valence-electron chi connectivity index (χ0n) is 13.4. The third-order valence-electron chi connectivity index (χ3n) is 4.53. The highest BCUT2D eigenvalue weighted by Crippen LogP contribution is 2.38. The fourth-order valence-electron chi connectivity index (χ4n) is 3.32. The van der Waals surface area contributed by atoms with Crippen LogP contribution in [0.15, 0.2) is 43.0 Å². The normalized spacial score (nSPS) is 13.9. The molecule has 2 aromatic rings. The van der Waals surface area contributed by atoms with Crippen molar-refractivity contribution >= 4 is 11.1 Å². The molecule has 0 N–H and O–H groups in total. The van der Waals surface area contributed by atoms with Gasteiger partial charge in [0.05, 0.1) is 0 Å². The summed E-state index contributed by atoms with van der Waals surface area (Å²) in [6.07, 6.45) is 3.33. The fourth-order valence-corrected chi connectivity index (χ4v) is 3.32. The van der Waals surface area contributed by atoms with Gasteiger partial charge in [0.15, 0.2) is 0 Å². The van der Waals surface area contributed by atoms with Crippen molar-refractivity contribution in [3.8, 4) is 0 Å². The number of hydrogen-bond donors (Lipinski definition) is 0. The van der Waals surface area contributed by atoms with Crippen LogP contribution in [-0.2, 0) is 6.42 Å². The molecule has 0 nitrogen and oxygen atoms in total. The molecule has 0 aliphatic heterocycles. The Morgan fingerprint density at radius 1 is 0.857 bits per heavy atom. The number of benzene rings is 2. The molecule has 0 saturated heterocycles. The number of fused-ring (bicyclic) bond motifs is 1. The van der Waals surface area contributed by atoms with E-state index in [9.17, 15) is 0 Å². The monoisotopic (exact) mass is 274 g/mol. The van der Waals surface area contributed by atoms with Gasteiger partial charge in [0, 0.05) is 0 Å². The highest BCUT2D eigenvalue weighted by atomic mass is 14.2. The van der Waals surface area contributed by atoms with Gasteiger partial charge in [0.2, 0.25) is 0 Å². The number of aryl methyl sites for hydroxylation is 4. The summed E-state index contributed by atoms with van der Waals surface area (Å²) in [6.45, 7) is 13.1. The number of allylic oxidation sites excluding steroid dienone is 3. The van der Waals surface area contributed by atoms with Crippen LogP contribution >= 0.6 is 0 Å². The lowest BCUT2D eigenvalue weighted by Crippen LogP contribution is -2.04. The minimum Gasteiger partial charge on any atom is -0.0905 e. The Labute approximate surface area is 127 Å². The Morgan fingerprint density at radius 2 is 1.62 bits per heavy atom. The molecule has 2 aromatic carbocycles. The SMILES string of the molecule is C=C1C(c2ccc(C)c(C)c2)=CCc2cc(C)cc(C)c21. The molecule has 0 amide bonds. The molecule has 0 aromatic heterocycles. The molecule has 21 heavy (non-hydrogen) atoms. The molecule has 0 atom stereocenters. The minimum absolute atomic E-state index is 0.999. The van der Waals surface area contributed by atoms with Gasteiger partial charge >= 0.3 is 0 Å². The van der Waals surface area contributed by atoms with E-state index in [1.54, 1.807) is 0 Å². The maximum atomic E-state index is 4.39. The molecule has 0 saturated carbocycles. The molecular weight excluding hydrogens is 252 g/mol. The van der Waals surface area contributed by atoms with Gasteiger partial charge in [-0.05, 0) is 78.6 Å². The zero-order chi connectivity index (χ0) is 15.1. The third-order valence-corrected chi connectivity index (χ3v) is 4.53. The Bertz CT molecular complexity index is 773. The van der Waals surface area contributed by atoms with Crippen LogP contribution in [0.4, 0.5) is 0 Å². The van der Waals surface area contributed by atoms with Gasteiger partial charge in [-0.1, -0.05) is 48.6 Å². The summed E-state index contributed by atoms with van der Waals surface area (Å²) in [7, 11) is 0. The predicted molar refractivity (Wildman–Crippen MR) is 92.5 cm³/mol. The van der Waals surface area contributed by atoms with Crippen LogP contribution in [-0.4, -0.2) is 0 Å². The Balaban J connectivity index is 2.09. The lowest BCUT2D eigenvalue weighted by Gasteiger charge is -2.23. The Kier molecular flexibility index (Phi) is 3.33. The second-order valence-corrected chi connectivity index (χ2v) is 6.22. The number of rotatable bonds is 1. The summed E-state index contributed by atoms with van der Waals surface area (Å²) in [5, 5.41) is 0. The highest BCUT2D eigenvalue weighted by molar-refractivity contribution is 6.06. The number of hydrogen-bond acceptors (Lipinski definition) is 0. The fraction of sp³-hybridized carbons (Fsp3) is 0.238. The lowest BCUT2D eigenvalue weighted by molar-refractivity contribution is 1.19. The molecule has 0 heteroatoms. The molecule has 0 radical (unpaired) electrons. The van der Waals surface area contributed by atoms with Crippen LogP contribution in [0.3, 0.4) is 0 Å². The van der Waals surface area contributed by atoms with Crippen LogP contribution in [0.1, 0.15) is 38.9 Å². The standard InChI is InChI=1S/C21H22/c1-13-10-16(4)21-17(5)20(9-8-19(21)11-13)18-7-6-14(2)15(3)12-18/h6-7,9-12H,5,8H2,1-4H3. The van der Waals surface area contributed by atoms with Crippen LogP contribution in [0.2, 0.25) is 0 Å². The summed E-state index contributed by atoms with van der Waals surface area (Å²) in [6, 6.07) is 11.2. The lowest BCUT2D eigenvalue weighted by atomic mass is 9.81. The molecule has 0 unspecified atom stereocenters. The molecule has 106 valence electrons. The van der Waals surface area contributed by atoms with Crippen LogP contribution in [0.25, 0.3) is 11.1 Å². The molecule has 3 rings (SSSR count). The van der Waals surface area contributed by atoms with Gasteiger partial charge in [0.1, 0.15) is 0 Å². The first-order valence-electron chi connectivity index (χ1n) is 7.55. The first kappa shape index (κ1) is 13.9. The van der Waals surface area contributed by atoms with E-state index in [0.29, 0.717) is 0 Å². The minimum atomic E-state index is 0.999. The summed E-state index contributed by atoms with van der Waals surface area (Å²) < 4.78 is 0. The van der Waals surface area contributed by atoms with Gasteiger partial charge in [-0.3, -0.25) is 0 Å². The van der Waals surface area contributed by atoms with Crippen molar-refractivity contribution in [2.45, 2.75) is 34.1 Å². The van der Waals surface area contributed by atoms with E-state index in [-0.39, 0.29) is 0 Å².